The van der Waals surface area contributed by atoms with E-state index in [-0.39, 0.29) is 0 Å². The Balaban J connectivity index is 3.83. The molecule has 0 saturated carbocycles. The van der Waals surface area contributed by atoms with Crippen molar-refractivity contribution in [2.24, 2.45) is 0 Å². The van der Waals surface area contributed by atoms with E-state index in [0.717, 1.165) is 19.4 Å². The summed E-state index contributed by atoms with van der Waals surface area (Å²) >= 11 is 0. The third-order valence-corrected chi connectivity index (χ3v) is 2.42. The summed E-state index contributed by atoms with van der Waals surface area (Å²) < 4.78 is 0. The van der Waals surface area contributed by atoms with Gasteiger partial charge < -0.3 is 4.90 Å². The molecule has 0 radical (unpaired) electrons. The van der Waals surface area contributed by atoms with E-state index >= 15 is 0 Å². The molecule has 0 amide bonds. The highest BCUT2D eigenvalue weighted by molar-refractivity contribution is 5.04. The summed E-state index contributed by atoms with van der Waals surface area (Å²) in [4.78, 5) is 2.30. The van der Waals surface area contributed by atoms with Crippen LogP contribution in [0.25, 0.3) is 0 Å². The zero-order valence-corrected chi connectivity index (χ0v) is 8.64. The maximum Gasteiger partial charge on any atom is 0.0273 e. The lowest BCUT2D eigenvalue weighted by Crippen LogP contribution is -2.30. The molecule has 0 aliphatic carbocycles. The maximum absolute atomic E-state index is 4.07. The molecule has 0 N–H and O–H groups in total. The summed E-state index contributed by atoms with van der Waals surface area (Å²) in [5, 5.41) is 0. The third-order valence-electron chi connectivity index (χ3n) is 2.42. The Hall–Kier alpha value is -0.560. The molecule has 0 aromatic rings. The van der Waals surface area contributed by atoms with Crippen molar-refractivity contribution in [2.75, 3.05) is 13.6 Å². The van der Waals surface area contributed by atoms with Crippen LogP contribution in [0.15, 0.2) is 24.8 Å². The van der Waals surface area contributed by atoms with Crippen LogP contribution in [0.3, 0.4) is 0 Å². The fraction of sp³-hybridized carbons (Fsp3) is 0.636. The summed E-state index contributed by atoms with van der Waals surface area (Å²) in [7, 11) is 2.13. The van der Waals surface area contributed by atoms with Gasteiger partial charge in [-0.3, -0.25) is 0 Å². The average Bonchev–Trinajstić information content (AvgIpc) is 2.11. The Morgan fingerprint density at radius 3 is 2.58 bits per heavy atom. The number of likely N-dealkylation sites (N-methyl/N-ethyl adjacent to an activating group) is 1. The van der Waals surface area contributed by atoms with E-state index in [0.29, 0.717) is 6.04 Å². The molecule has 0 fully saturated rings. The zero-order chi connectivity index (χ0) is 9.56. The predicted molar refractivity (Wildman–Crippen MR) is 56.3 cm³/mol. The Bertz CT molecular complexity index is 149. The highest BCUT2D eigenvalue weighted by Crippen LogP contribution is 2.12. The van der Waals surface area contributed by atoms with Crippen LogP contribution >= 0.6 is 0 Å². The van der Waals surface area contributed by atoms with E-state index < -0.39 is 0 Å². The minimum atomic E-state index is 0.495. The largest absolute Gasteiger partial charge is 0.300 e. The Labute approximate surface area is 76.8 Å². The molecule has 0 spiro atoms. The van der Waals surface area contributed by atoms with Crippen LogP contribution in [0.1, 0.15) is 26.7 Å². The highest BCUT2D eigenvalue weighted by atomic mass is 15.1. The molecule has 1 atom stereocenters. The molecule has 0 rings (SSSR count). The summed E-state index contributed by atoms with van der Waals surface area (Å²) in [6, 6.07) is 0.495. The molecule has 0 bridgehead atoms. The van der Waals surface area contributed by atoms with E-state index in [1.165, 1.54) is 5.57 Å². The zero-order valence-electron chi connectivity index (χ0n) is 8.64. The van der Waals surface area contributed by atoms with Crippen LogP contribution in [-0.4, -0.2) is 24.5 Å². The molecule has 0 aromatic heterocycles. The fourth-order valence-corrected chi connectivity index (χ4v) is 1.08. The van der Waals surface area contributed by atoms with E-state index in [9.17, 15) is 0 Å². The van der Waals surface area contributed by atoms with Crippen LogP contribution in [-0.2, 0) is 0 Å². The second-order valence-electron chi connectivity index (χ2n) is 3.23. The van der Waals surface area contributed by atoms with Crippen LogP contribution in [0, 0.1) is 0 Å². The van der Waals surface area contributed by atoms with Gasteiger partial charge in [-0.2, -0.15) is 0 Å². The maximum atomic E-state index is 4.07. The van der Waals surface area contributed by atoms with Gasteiger partial charge in [-0.15, -0.1) is 6.58 Å². The summed E-state index contributed by atoms with van der Waals surface area (Å²) in [5.74, 6) is 0. The van der Waals surface area contributed by atoms with Gasteiger partial charge in [0.25, 0.3) is 0 Å². The molecule has 0 heterocycles. The molecule has 70 valence electrons. The lowest BCUT2D eigenvalue weighted by molar-refractivity contribution is 0.298. The lowest BCUT2D eigenvalue weighted by atomic mass is 10.0. The molecule has 1 unspecified atom stereocenters. The molecule has 0 aromatic carbocycles. The topological polar surface area (TPSA) is 3.24 Å². The first kappa shape index (κ1) is 11.4. The second-order valence-corrected chi connectivity index (χ2v) is 3.23. The first-order valence-corrected chi connectivity index (χ1v) is 4.62. The number of hydrogen-bond donors (Lipinski definition) is 0. The van der Waals surface area contributed by atoms with Gasteiger partial charge in [0.05, 0.1) is 0 Å². The van der Waals surface area contributed by atoms with E-state index in [1.807, 2.05) is 6.08 Å². The van der Waals surface area contributed by atoms with E-state index in [2.05, 4.69) is 39.0 Å². The number of nitrogens with zero attached hydrogens (tertiary/aromatic N) is 1. The molecule has 12 heavy (non-hydrogen) atoms. The molecular formula is C11H21N. The SMILES string of the molecule is C=CCCC(=C)C(C)N(C)CC. The van der Waals surface area contributed by atoms with Crippen LogP contribution in [0.4, 0.5) is 0 Å². The minimum absolute atomic E-state index is 0.495. The predicted octanol–water partition coefficient (Wildman–Crippen LogP) is 2.85. The monoisotopic (exact) mass is 167 g/mol. The van der Waals surface area contributed by atoms with Gasteiger partial charge in [0, 0.05) is 6.04 Å². The summed E-state index contributed by atoms with van der Waals surface area (Å²) in [5.41, 5.74) is 1.30. The Morgan fingerprint density at radius 1 is 1.58 bits per heavy atom. The average molecular weight is 167 g/mol. The molecule has 0 aliphatic heterocycles. The molecule has 1 nitrogen and oxygen atoms in total. The number of hydrogen-bond acceptors (Lipinski definition) is 1. The number of rotatable bonds is 6. The van der Waals surface area contributed by atoms with Crippen molar-refractivity contribution in [1.29, 1.82) is 0 Å². The third kappa shape index (κ3) is 3.72. The van der Waals surface area contributed by atoms with Crippen molar-refractivity contribution in [3.63, 3.8) is 0 Å². The molecule has 1 heteroatoms. The van der Waals surface area contributed by atoms with Gasteiger partial charge in [-0.25, -0.2) is 0 Å². The van der Waals surface area contributed by atoms with Crippen molar-refractivity contribution in [3.8, 4) is 0 Å². The fourth-order valence-electron chi connectivity index (χ4n) is 1.08. The first-order chi connectivity index (χ1) is 5.63. The van der Waals surface area contributed by atoms with Gasteiger partial charge in [0.15, 0.2) is 0 Å². The number of allylic oxidation sites excluding steroid dienone is 1. The van der Waals surface area contributed by atoms with E-state index in [4.69, 9.17) is 0 Å². The van der Waals surface area contributed by atoms with E-state index in [1.54, 1.807) is 0 Å². The smallest absolute Gasteiger partial charge is 0.0273 e. The normalized spacial score (nSPS) is 13.0. The molecular weight excluding hydrogens is 146 g/mol. The van der Waals surface area contributed by atoms with Gasteiger partial charge >= 0.3 is 0 Å². The highest BCUT2D eigenvalue weighted by Gasteiger charge is 2.09. The Morgan fingerprint density at radius 2 is 2.17 bits per heavy atom. The van der Waals surface area contributed by atoms with Crippen molar-refractivity contribution >= 4 is 0 Å². The van der Waals surface area contributed by atoms with Crippen molar-refractivity contribution < 1.29 is 0 Å². The van der Waals surface area contributed by atoms with Gasteiger partial charge in [0.1, 0.15) is 0 Å². The van der Waals surface area contributed by atoms with Crippen molar-refractivity contribution in [1.82, 2.24) is 4.90 Å². The molecule has 0 saturated heterocycles. The standard InChI is InChI=1S/C11H21N/c1-6-8-9-10(3)11(4)12(5)7-2/h6,11H,1,3,7-9H2,2,4-5H3. The van der Waals surface area contributed by atoms with Crippen LogP contribution in [0.2, 0.25) is 0 Å². The van der Waals surface area contributed by atoms with Crippen LogP contribution < -0.4 is 0 Å². The lowest BCUT2D eigenvalue weighted by Gasteiger charge is -2.24. The summed E-state index contributed by atoms with van der Waals surface area (Å²) in [6.45, 7) is 13.2. The quantitative estimate of drug-likeness (QED) is 0.550. The first-order valence-electron chi connectivity index (χ1n) is 4.62. The van der Waals surface area contributed by atoms with Gasteiger partial charge in [0.2, 0.25) is 0 Å². The van der Waals surface area contributed by atoms with Gasteiger partial charge in [-0.05, 0) is 33.4 Å². The minimum Gasteiger partial charge on any atom is -0.300 e. The summed E-state index contributed by atoms with van der Waals surface area (Å²) in [6.07, 6.45) is 4.06. The molecule has 0 aliphatic rings. The van der Waals surface area contributed by atoms with Gasteiger partial charge in [-0.1, -0.05) is 25.2 Å². The van der Waals surface area contributed by atoms with Crippen molar-refractivity contribution in [2.45, 2.75) is 32.7 Å². The second kappa shape index (κ2) is 6.01. The van der Waals surface area contributed by atoms with Crippen LogP contribution in [0.5, 0.6) is 0 Å². The Kier molecular flexibility index (Phi) is 5.73. The van der Waals surface area contributed by atoms with Crippen molar-refractivity contribution in [3.05, 3.63) is 24.8 Å².